The summed E-state index contributed by atoms with van der Waals surface area (Å²) in [6.07, 6.45) is 1.00. The first-order valence-electron chi connectivity index (χ1n) is 7.11. The minimum absolute atomic E-state index is 0.0921. The summed E-state index contributed by atoms with van der Waals surface area (Å²) in [4.78, 5) is 2.37. The minimum Gasteiger partial charge on any atom is -0.427 e. The molecule has 1 rings (SSSR count). The highest BCUT2D eigenvalue weighted by Gasteiger charge is 2.38. The fourth-order valence-corrected chi connectivity index (χ4v) is 2.93. The summed E-state index contributed by atoms with van der Waals surface area (Å²) < 4.78 is 5.39. The maximum absolute atomic E-state index is 9.69. The van der Waals surface area contributed by atoms with Gasteiger partial charge in [-0.05, 0) is 18.3 Å². The zero-order valence-corrected chi connectivity index (χ0v) is 12.2. The van der Waals surface area contributed by atoms with Crippen LogP contribution in [0.3, 0.4) is 0 Å². The van der Waals surface area contributed by atoms with Crippen molar-refractivity contribution < 1.29 is 14.8 Å². The summed E-state index contributed by atoms with van der Waals surface area (Å²) >= 11 is 0. The Morgan fingerprint density at radius 2 is 1.67 bits per heavy atom. The summed E-state index contributed by atoms with van der Waals surface area (Å²) in [5.74, 6) is 0.722. The van der Waals surface area contributed by atoms with Crippen molar-refractivity contribution in [3.63, 3.8) is 0 Å². The molecule has 106 valence electrons. The van der Waals surface area contributed by atoms with Gasteiger partial charge in [0.2, 0.25) is 0 Å². The topological polar surface area (TPSA) is 52.9 Å². The Balaban J connectivity index is 2.79. The normalized spacial score (nSPS) is 21.3. The van der Waals surface area contributed by atoms with Crippen molar-refractivity contribution >= 4 is 7.12 Å². The zero-order chi connectivity index (χ0) is 13.7. The SMILES string of the molecule is CC(C)C[C@H]([C@H](B(O)O)C(C)C)N1CCOCC1. The smallest absolute Gasteiger partial charge is 0.427 e. The maximum atomic E-state index is 9.69. The van der Waals surface area contributed by atoms with Crippen molar-refractivity contribution in [2.24, 2.45) is 11.8 Å². The molecule has 18 heavy (non-hydrogen) atoms. The molecule has 0 radical (unpaired) electrons. The third-order valence-electron chi connectivity index (χ3n) is 3.79. The second-order valence-corrected chi connectivity index (χ2v) is 6.08. The summed E-state index contributed by atoms with van der Waals surface area (Å²) in [6, 6.07) is 0.230. The molecule has 1 fully saturated rings. The first kappa shape index (κ1) is 16.0. The van der Waals surface area contributed by atoms with Crippen LogP contribution in [-0.4, -0.2) is 54.4 Å². The molecule has 1 saturated heterocycles. The van der Waals surface area contributed by atoms with Crippen LogP contribution in [0.5, 0.6) is 0 Å². The Labute approximate surface area is 111 Å². The van der Waals surface area contributed by atoms with E-state index in [9.17, 15) is 10.0 Å². The molecule has 0 unspecified atom stereocenters. The van der Waals surface area contributed by atoms with E-state index < -0.39 is 7.12 Å². The Hall–Kier alpha value is -0.0951. The largest absolute Gasteiger partial charge is 0.456 e. The minimum atomic E-state index is -1.24. The average Bonchev–Trinajstić information content (AvgIpc) is 2.27. The van der Waals surface area contributed by atoms with Crippen LogP contribution < -0.4 is 0 Å². The lowest BCUT2D eigenvalue weighted by Gasteiger charge is -2.41. The van der Waals surface area contributed by atoms with Gasteiger partial charge < -0.3 is 14.8 Å². The van der Waals surface area contributed by atoms with E-state index in [2.05, 4.69) is 32.6 Å². The molecule has 5 heteroatoms. The van der Waals surface area contributed by atoms with Crippen molar-refractivity contribution in [1.29, 1.82) is 0 Å². The van der Waals surface area contributed by atoms with Gasteiger partial charge in [-0.2, -0.15) is 0 Å². The van der Waals surface area contributed by atoms with E-state index >= 15 is 0 Å². The van der Waals surface area contributed by atoms with E-state index in [1.54, 1.807) is 0 Å². The van der Waals surface area contributed by atoms with Crippen molar-refractivity contribution in [1.82, 2.24) is 4.90 Å². The van der Waals surface area contributed by atoms with Gasteiger partial charge in [-0.1, -0.05) is 27.7 Å². The van der Waals surface area contributed by atoms with Gasteiger partial charge in [-0.25, -0.2) is 0 Å². The molecular weight excluding hydrogens is 229 g/mol. The molecular formula is C13H28BNO3. The molecule has 0 amide bonds. The van der Waals surface area contributed by atoms with Crippen molar-refractivity contribution in [3.05, 3.63) is 0 Å². The number of nitrogens with zero attached hydrogens (tertiary/aromatic N) is 1. The Kier molecular flexibility index (Phi) is 6.64. The van der Waals surface area contributed by atoms with Crippen LogP contribution in [-0.2, 0) is 4.74 Å². The molecule has 0 aromatic rings. The molecule has 0 bridgehead atoms. The van der Waals surface area contributed by atoms with Crippen molar-refractivity contribution in [2.75, 3.05) is 26.3 Å². The van der Waals surface area contributed by atoms with E-state index in [-0.39, 0.29) is 17.8 Å². The number of hydrogen-bond acceptors (Lipinski definition) is 4. The van der Waals surface area contributed by atoms with Gasteiger partial charge in [-0.3, -0.25) is 4.90 Å². The van der Waals surface area contributed by atoms with Gasteiger partial charge in [0.05, 0.1) is 13.2 Å². The maximum Gasteiger partial charge on any atom is 0.456 e. The van der Waals surface area contributed by atoms with E-state index in [4.69, 9.17) is 4.74 Å². The van der Waals surface area contributed by atoms with Crippen molar-refractivity contribution in [2.45, 2.75) is 46.0 Å². The van der Waals surface area contributed by atoms with Crippen LogP contribution in [0.1, 0.15) is 34.1 Å². The highest BCUT2D eigenvalue weighted by molar-refractivity contribution is 6.43. The summed E-state index contributed by atoms with van der Waals surface area (Å²) in [6.45, 7) is 11.8. The highest BCUT2D eigenvalue weighted by Crippen LogP contribution is 2.32. The molecule has 0 aromatic heterocycles. The van der Waals surface area contributed by atoms with Gasteiger partial charge >= 0.3 is 7.12 Å². The van der Waals surface area contributed by atoms with Crippen LogP contribution in [0.4, 0.5) is 0 Å². The lowest BCUT2D eigenvalue weighted by atomic mass is 9.61. The molecule has 1 aliphatic rings. The Morgan fingerprint density at radius 1 is 1.11 bits per heavy atom. The van der Waals surface area contributed by atoms with Crippen LogP contribution >= 0.6 is 0 Å². The molecule has 1 aliphatic heterocycles. The van der Waals surface area contributed by atoms with Gasteiger partial charge in [0.1, 0.15) is 0 Å². The standard InChI is InChI=1S/C13H28BNO3/c1-10(2)9-12(13(11(3)4)14(16)17)15-5-7-18-8-6-15/h10-13,16-17H,5-9H2,1-4H3/t12-,13-/m1/s1. The third-order valence-corrected chi connectivity index (χ3v) is 3.79. The first-order valence-corrected chi connectivity index (χ1v) is 7.11. The van der Waals surface area contributed by atoms with Crippen LogP contribution in [0, 0.1) is 11.8 Å². The first-order chi connectivity index (χ1) is 8.43. The highest BCUT2D eigenvalue weighted by atomic mass is 16.5. The van der Waals surface area contributed by atoms with Crippen molar-refractivity contribution in [3.8, 4) is 0 Å². The fourth-order valence-electron chi connectivity index (χ4n) is 2.93. The molecule has 2 atom stereocenters. The number of hydrogen-bond donors (Lipinski definition) is 2. The number of rotatable bonds is 6. The van der Waals surface area contributed by atoms with E-state index in [0.29, 0.717) is 5.92 Å². The summed E-state index contributed by atoms with van der Waals surface area (Å²) in [5.41, 5.74) is 0. The van der Waals surface area contributed by atoms with Gasteiger partial charge in [0.25, 0.3) is 0 Å². The second kappa shape index (κ2) is 7.48. The monoisotopic (exact) mass is 257 g/mol. The molecule has 0 aliphatic carbocycles. The predicted octanol–water partition coefficient (Wildman–Crippen LogP) is 1.23. The van der Waals surface area contributed by atoms with Gasteiger partial charge in [0, 0.05) is 24.9 Å². The molecule has 2 N–H and O–H groups in total. The van der Waals surface area contributed by atoms with Gasteiger partial charge in [-0.15, -0.1) is 0 Å². The quantitative estimate of drug-likeness (QED) is 0.703. The molecule has 4 nitrogen and oxygen atoms in total. The molecule has 1 heterocycles. The second-order valence-electron chi connectivity index (χ2n) is 6.08. The lowest BCUT2D eigenvalue weighted by molar-refractivity contribution is 0.00508. The van der Waals surface area contributed by atoms with Crippen LogP contribution in [0.25, 0.3) is 0 Å². The van der Waals surface area contributed by atoms with Crippen LogP contribution in [0.15, 0.2) is 0 Å². The van der Waals surface area contributed by atoms with Crippen LogP contribution in [0.2, 0.25) is 5.82 Å². The van der Waals surface area contributed by atoms with Gasteiger partial charge in [0.15, 0.2) is 0 Å². The van der Waals surface area contributed by atoms with E-state index in [1.807, 2.05) is 0 Å². The third kappa shape index (κ3) is 4.54. The van der Waals surface area contributed by atoms with E-state index in [1.165, 1.54) is 0 Å². The average molecular weight is 257 g/mol. The zero-order valence-electron chi connectivity index (χ0n) is 12.2. The lowest BCUT2D eigenvalue weighted by Crippen LogP contribution is -2.50. The fraction of sp³-hybridized carbons (Fsp3) is 1.00. The summed E-state index contributed by atoms with van der Waals surface area (Å²) in [5, 5.41) is 19.4. The molecule has 0 saturated carbocycles. The number of morpholine rings is 1. The Bertz CT molecular complexity index is 222. The predicted molar refractivity (Wildman–Crippen MR) is 74.4 cm³/mol. The summed E-state index contributed by atoms with van der Waals surface area (Å²) in [7, 11) is -1.24. The van der Waals surface area contributed by atoms with E-state index in [0.717, 1.165) is 32.7 Å². The number of ether oxygens (including phenoxy) is 1. The molecule has 0 spiro atoms. The Morgan fingerprint density at radius 3 is 2.06 bits per heavy atom. The molecule has 0 aromatic carbocycles.